The van der Waals surface area contributed by atoms with Crippen molar-refractivity contribution < 1.29 is 14.6 Å². The van der Waals surface area contributed by atoms with Crippen molar-refractivity contribution in [3.63, 3.8) is 0 Å². The number of carbonyl (C=O) groups is 1. The first-order chi connectivity index (χ1) is 16.1. The van der Waals surface area contributed by atoms with Crippen molar-refractivity contribution in [1.29, 1.82) is 0 Å². The number of hydrogen-bond acceptors (Lipinski definition) is 5. The molecule has 0 aliphatic carbocycles. The van der Waals surface area contributed by atoms with E-state index >= 15 is 0 Å². The maximum Gasteiger partial charge on any atom is 0.336 e. The molecule has 3 saturated heterocycles. The van der Waals surface area contributed by atoms with Crippen molar-refractivity contribution in [1.82, 2.24) is 20.0 Å². The van der Waals surface area contributed by atoms with Crippen LogP contribution in [0.2, 0.25) is 0 Å². The fourth-order valence-corrected chi connectivity index (χ4v) is 5.50. The van der Waals surface area contributed by atoms with Gasteiger partial charge in [-0.2, -0.15) is 5.10 Å². The van der Waals surface area contributed by atoms with Gasteiger partial charge in [-0.3, -0.25) is 4.68 Å². The van der Waals surface area contributed by atoms with Gasteiger partial charge in [-0.1, -0.05) is 18.2 Å². The molecule has 0 saturated carbocycles. The highest BCUT2D eigenvalue weighted by Crippen LogP contribution is 2.31. The Morgan fingerprint density at radius 2 is 1.97 bits per heavy atom. The number of ether oxygens (including phenoxy) is 1. The second kappa shape index (κ2) is 9.53. The Kier molecular flexibility index (Phi) is 6.33. The summed E-state index contributed by atoms with van der Waals surface area (Å²) in [7, 11) is 1.65. The number of piperidine rings is 3. The molecule has 7 heteroatoms. The van der Waals surface area contributed by atoms with E-state index in [1.165, 1.54) is 32.5 Å². The smallest absolute Gasteiger partial charge is 0.336 e. The molecule has 3 aliphatic heterocycles. The Labute approximate surface area is 194 Å². The van der Waals surface area contributed by atoms with E-state index in [9.17, 15) is 9.90 Å². The summed E-state index contributed by atoms with van der Waals surface area (Å²) in [5.74, 6) is 1.48. The third kappa shape index (κ3) is 4.61. The lowest BCUT2D eigenvalue weighted by atomic mass is 9.79. The second-order valence-corrected chi connectivity index (χ2v) is 9.31. The van der Waals surface area contributed by atoms with E-state index < -0.39 is 5.97 Å². The Hall–Kier alpha value is -2.90. The Bertz CT molecular complexity index is 1120. The Balaban J connectivity index is 1.32. The second-order valence-electron chi connectivity index (χ2n) is 9.31. The summed E-state index contributed by atoms with van der Waals surface area (Å²) in [6.07, 6.45) is 3.36. The largest absolute Gasteiger partial charge is 0.497 e. The van der Waals surface area contributed by atoms with Crippen LogP contribution in [-0.4, -0.2) is 65.6 Å². The van der Waals surface area contributed by atoms with Gasteiger partial charge in [0, 0.05) is 24.9 Å². The molecule has 0 spiro atoms. The number of aromatic carboxylic acids is 1. The van der Waals surface area contributed by atoms with Crippen LogP contribution in [0, 0.1) is 11.8 Å². The summed E-state index contributed by atoms with van der Waals surface area (Å²) in [6.45, 7) is 6.13. The van der Waals surface area contributed by atoms with E-state index in [2.05, 4.69) is 10.2 Å². The van der Waals surface area contributed by atoms with Crippen LogP contribution in [0.4, 0.5) is 0 Å². The van der Waals surface area contributed by atoms with Crippen LogP contribution in [0.3, 0.4) is 0 Å². The fraction of sp³-hybridized carbons (Fsp3) is 0.462. The monoisotopic (exact) mass is 448 g/mol. The topological polar surface area (TPSA) is 79.6 Å². The molecule has 2 N–H and O–H groups in total. The van der Waals surface area contributed by atoms with Crippen molar-refractivity contribution in [3.8, 4) is 5.75 Å². The fourth-order valence-electron chi connectivity index (χ4n) is 5.50. The van der Waals surface area contributed by atoms with Gasteiger partial charge in [-0.05, 0) is 74.1 Å². The molecule has 2 bridgehead atoms. The number of hydrogen-bond donors (Lipinski definition) is 2. The molecular weight excluding hydrogens is 416 g/mol. The molecule has 1 unspecified atom stereocenters. The molecule has 3 fully saturated rings. The normalized spacial score (nSPS) is 22.0. The summed E-state index contributed by atoms with van der Waals surface area (Å²) >= 11 is 0. The number of methoxy groups -OCH3 is 1. The van der Waals surface area contributed by atoms with Gasteiger partial charge in [0.05, 0.1) is 30.4 Å². The molecule has 1 atom stereocenters. The molecule has 7 nitrogen and oxygen atoms in total. The number of nitrogens with one attached hydrogen (secondary N) is 1. The van der Waals surface area contributed by atoms with Gasteiger partial charge in [0.25, 0.3) is 0 Å². The Morgan fingerprint density at radius 3 is 2.64 bits per heavy atom. The number of benzene rings is 2. The van der Waals surface area contributed by atoms with Crippen molar-refractivity contribution in [2.45, 2.75) is 25.8 Å². The van der Waals surface area contributed by atoms with Crippen molar-refractivity contribution in [2.24, 2.45) is 11.8 Å². The van der Waals surface area contributed by atoms with E-state index in [-0.39, 0.29) is 0 Å². The standard InChI is InChI=1S/C26H32N4O3/c1-33-21-7-5-18(6-8-21)16-30-24-4-2-3-22(26(31)32)25(24)23(28-30)9-12-27-15-20-17-29-13-10-19(20)11-14-29/h2-8,19-20,27H,9-17H2,1H3,(H,31,32). The summed E-state index contributed by atoms with van der Waals surface area (Å²) in [6, 6.07) is 13.3. The maximum atomic E-state index is 11.9. The van der Waals surface area contributed by atoms with E-state index in [1.807, 2.05) is 35.0 Å². The molecule has 4 heterocycles. The molecule has 174 valence electrons. The number of rotatable bonds is 9. The van der Waals surface area contributed by atoms with Crippen LogP contribution in [0.25, 0.3) is 10.9 Å². The quantitative estimate of drug-likeness (QED) is 0.489. The van der Waals surface area contributed by atoms with E-state index in [4.69, 9.17) is 9.84 Å². The van der Waals surface area contributed by atoms with Crippen molar-refractivity contribution >= 4 is 16.9 Å². The lowest BCUT2D eigenvalue weighted by Crippen LogP contribution is -2.50. The highest BCUT2D eigenvalue weighted by molar-refractivity contribution is 6.04. The SMILES string of the molecule is COc1ccc(Cn2nc(CCNCC3CN4CCC3CC4)c3c(C(=O)O)cccc32)cc1. The summed E-state index contributed by atoms with van der Waals surface area (Å²) in [5.41, 5.74) is 3.12. The van der Waals surface area contributed by atoms with Gasteiger partial charge >= 0.3 is 5.97 Å². The van der Waals surface area contributed by atoms with Gasteiger partial charge < -0.3 is 20.1 Å². The molecule has 0 radical (unpaired) electrons. The van der Waals surface area contributed by atoms with Gasteiger partial charge in [0.2, 0.25) is 0 Å². The highest BCUT2D eigenvalue weighted by atomic mass is 16.5. The third-order valence-corrected chi connectivity index (χ3v) is 7.31. The number of fused-ring (bicyclic) bond motifs is 4. The first-order valence-corrected chi connectivity index (χ1v) is 11.9. The molecule has 1 aromatic heterocycles. The number of carboxylic acid groups (broad SMARTS) is 1. The first-order valence-electron chi connectivity index (χ1n) is 11.9. The number of nitrogens with zero attached hydrogens (tertiary/aromatic N) is 3. The summed E-state index contributed by atoms with van der Waals surface area (Å²) in [4.78, 5) is 14.5. The van der Waals surface area contributed by atoms with Gasteiger partial charge in [0.15, 0.2) is 0 Å². The van der Waals surface area contributed by atoms with Crippen LogP contribution in [0.5, 0.6) is 5.75 Å². The minimum absolute atomic E-state index is 0.320. The van der Waals surface area contributed by atoms with Crippen molar-refractivity contribution in [2.75, 3.05) is 39.8 Å². The lowest BCUT2D eigenvalue weighted by Gasteiger charge is -2.45. The minimum atomic E-state index is -0.911. The highest BCUT2D eigenvalue weighted by Gasteiger charge is 2.33. The molecular formula is C26H32N4O3. The minimum Gasteiger partial charge on any atom is -0.497 e. The molecule has 33 heavy (non-hydrogen) atoms. The van der Waals surface area contributed by atoms with Crippen LogP contribution in [-0.2, 0) is 13.0 Å². The van der Waals surface area contributed by atoms with E-state index in [0.29, 0.717) is 18.5 Å². The summed E-state index contributed by atoms with van der Waals surface area (Å²) in [5, 5.41) is 19.1. The van der Waals surface area contributed by atoms with Crippen LogP contribution in [0.15, 0.2) is 42.5 Å². The zero-order chi connectivity index (χ0) is 22.8. The molecule has 3 aliphatic rings. The first kappa shape index (κ1) is 21.9. The van der Waals surface area contributed by atoms with Crippen LogP contribution < -0.4 is 10.1 Å². The zero-order valence-electron chi connectivity index (χ0n) is 19.2. The lowest BCUT2D eigenvalue weighted by molar-refractivity contribution is 0.0512. The average Bonchev–Trinajstić information content (AvgIpc) is 3.20. The summed E-state index contributed by atoms with van der Waals surface area (Å²) < 4.78 is 7.18. The van der Waals surface area contributed by atoms with Crippen molar-refractivity contribution in [3.05, 3.63) is 59.3 Å². The van der Waals surface area contributed by atoms with Gasteiger partial charge in [0.1, 0.15) is 5.75 Å². The molecule has 6 rings (SSSR count). The average molecular weight is 449 g/mol. The number of aromatic nitrogens is 2. The molecule has 2 aromatic carbocycles. The van der Waals surface area contributed by atoms with Gasteiger partial charge in [-0.15, -0.1) is 0 Å². The van der Waals surface area contributed by atoms with E-state index in [0.717, 1.165) is 52.8 Å². The van der Waals surface area contributed by atoms with Crippen LogP contribution in [0.1, 0.15) is 34.5 Å². The Morgan fingerprint density at radius 1 is 1.18 bits per heavy atom. The van der Waals surface area contributed by atoms with E-state index in [1.54, 1.807) is 19.2 Å². The van der Waals surface area contributed by atoms with Crippen LogP contribution >= 0.6 is 0 Å². The molecule has 0 amide bonds. The molecule has 3 aromatic rings. The zero-order valence-corrected chi connectivity index (χ0v) is 19.2. The third-order valence-electron chi connectivity index (χ3n) is 7.31. The van der Waals surface area contributed by atoms with Gasteiger partial charge in [-0.25, -0.2) is 4.79 Å². The predicted molar refractivity (Wildman–Crippen MR) is 128 cm³/mol. The maximum absolute atomic E-state index is 11.9. The number of carboxylic acids is 1. The predicted octanol–water partition coefficient (Wildman–Crippen LogP) is 3.27.